The van der Waals surface area contributed by atoms with Crippen molar-refractivity contribution in [2.45, 2.75) is 90.4 Å². The molecule has 2 rings (SSSR count). The molecule has 2 aliphatic rings. The maximum absolute atomic E-state index is 10.7. The van der Waals surface area contributed by atoms with E-state index in [1.165, 1.54) is 25.3 Å². The van der Waals surface area contributed by atoms with Crippen LogP contribution in [0.4, 0.5) is 0 Å². The number of rotatable bonds is 14. The molecule has 0 aromatic rings. The van der Waals surface area contributed by atoms with Gasteiger partial charge in [-0.15, -0.1) is 0 Å². The van der Waals surface area contributed by atoms with E-state index in [0.717, 1.165) is 43.6 Å². The fraction of sp³-hybridized carbons (Fsp3) is 0.792. The molecule has 0 aromatic carbocycles. The Kier molecular flexibility index (Phi) is 10.3. The van der Waals surface area contributed by atoms with E-state index >= 15 is 0 Å². The van der Waals surface area contributed by atoms with E-state index in [9.17, 15) is 9.90 Å². The number of carboxylic acid groups (broad SMARTS) is 1. The van der Waals surface area contributed by atoms with Crippen LogP contribution >= 0.6 is 11.8 Å². The molecule has 0 radical (unpaired) electrons. The number of aliphatic hydroxyl groups excluding tert-OH is 1. The van der Waals surface area contributed by atoms with Crippen LogP contribution in [0.5, 0.6) is 0 Å². The monoisotopic (exact) mass is 424 g/mol. The first kappa shape index (κ1) is 24.5. The van der Waals surface area contributed by atoms with Gasteiger partial charge in [0.15, 0.2) is 0 Å². The lowest BCUT2D eigenvalue weighted by molar-refractivity contribution is -0.131. The maximum Gasteiger partial charge on any atom is 0.328 e. The van der Waals surface area contributed by atoms with Gasteiger partial charge in [-0.25, -0.2) is 4.79 Å². The lowest BCUT2D eigenvalue weighted by atomic mass is 9.75. The highest BCUT2D eigenvalue weighted by Crippen LogP contribution is 2.46. The van der Waals surface area contributed by atoms with Crippen LogP contribution in [0.25, 0.3) is 0 Å². The summed E-state index contributed by atoms with van der Waals surface area (Å²) in [7, 11) is 0. The lowest BCUT2D eigenvalue weighted by Crippen LogP contribution is -2.29. The third kappa shape index (κ3) is 7.76. The second-order valence-corrected chi connectivity index (χ2v) is 10.4. The topological polar surface area (TPSA) is 66.8 Å². The average Bonchev–Trinajstić information content (AvgIpc) is 3.28. The molecule has 1 unspecified atom stereocenters. The van der Waals surface area contributed by atoms with Crippen molar-refractivity contribution >= 4 is 17.7 Å². The summed E-state index contributed by atoms with van der Waals surface area (Å²) in [6, 6.07) is 0. The van der Waals surface area contributed by atoms with Crippen molar-refractivity contribution in [1.82, 2.24) is 0 Å². The Morgan fingerprint density at radius 1 is 1.24 bits per heavy atom. The first-order chi connectivity index (χ1) is 13.8. The Morgan fingerprint density at radius 3 is 2.72 bits per heavy atom. The molecule has 166 valence electrons. The zero-order valence-corrected chi connectivity index (χ0v) is 19.2. The van der Waals surface area contributed by atoms with E-state index in [0.29, 0.717) is 24.0 Å². The molecule has 2 heterocycles. The Morgan fingerprint density at radius 2 is 2.00 bits per heavy atom. The predicted molar refractivity (Wildman–Crippen MR) is 121 cm³/mol. The molecular formula is C24H40O4S. The quantitative estimate of drug-likeness (QED) is 0.220. The van der Waals surface area contributed by atoms with Crippen molar-refractivity contribution in [3.8, 4) is 0 Å². The van der Waals surface area contributed by atoms with E-state index in [4.69, 9.17) is 9.84 Å². The average molecular weight is 425 g/mol. The molecule has 29 heavy (non-hydrogen) atoms. The van der Waals surface area contributed by atoms with Gasteiger partial charge in [-0.2, -0.15) is 11.8 Å². The largest absolute Gasteiger partial charge is 0.478 e. The number of unbranched alkanes of at least 4 members (excludes halogenated alkanes) is 2. The van der Waals surface area contributed by atoms with E-state index in [2.05, 4.69) is 26.8 Å². The number of thioether (sulfide) groups is 1. The van der Waals surface area contributed by atoms with Gasteiger partial charge in [-0.05, 0) is 49.2 Å². The van der Waals surface area contributed by atoms with Crippen molar-refractivity contribution in [3.05, 3.63) is 24.3 Å². The highest BCUT2D eigenvalue weighted by molar-refractivity contribution is 7.99. The van der Waals surface area contributed by atoms with Crippen LogP contribution in [0, 0.1) is 17.3 Å². The van der Waals surface area contributed by atoms with Crippen molar-refractivity contribution in [1.29, 1.82) is 0 Å². The molecule has 2 fully saturated rings. The minimum atomic E-state index is -0.875. The fourth-order valence-corrected chi connectivity index (χ4v) is 5.42. The van der Waals surface area contributed by atoms with Crippen LogP contribution in [0.3, 0.4) is 0 Å². The van der Waals surface area contributed by atoms with Crippen LogP contribution in [0.2, 0.25) is 0 Å². The SMILES string of the molecule is CCCCC(C)(C)C(O)C=C[C@H]1[C@@H](CCCCSCC=CC(=O)O)[C@H]2CC[C@@H]1O2. The van der Waals surface area contributed by atoms with Gasteiger partial charge in [0.1, 0.15) is 0 Å². The Hall–Kier alpha value is -0.780. The maximum atomic E-state index is 10.7. The summed E-state index contributed by atoms with van der Waals surface area (Å²) in [5.41, 5.74) is -0.0766. The van der Waals surface area contributed by atoms with Gasteiger partial charge in [0.05, 0.1) is 18.3 Å². The first-order valence-electron chi connectivity index (χ1n) is 11.3. The zero-order chi connectivity index (χ0) is 21.3. The fourth-order valence-electron chi connectivity index (χ4n) is 4.61. The highest BCUT2D eigenvalue weighted by atomic mass is 32.2. The number of aliphatic hydroxyl groups is 1. The number of ether oxygens (including phenoxy) is 1. The van der Waals surface area contributed by atoms with E-state index in [1.807, 2.05) is 6.08 Å². The Balaban J connectivity index is 1.76. The first-order valence-corrected chi connectivity index (χ1v) is 12.5. The molecule has 2 aliphatic heterocycles. The number of carboxylic acids is 1. The number of carbonyl (C=O) groups is 1. The normalized spacial score (nSPS) is 28.0. The van der Waals surface area contributed by atoms with Crippen LogP contribution in [-0.4, -0.2) is 46.0 Å². The van der Waals surface area contributed by atoms with Gasteiger partial charge >= 0.3 is 5.97 Å². The Labute approximate surface area is 181 Å². The van der Waals surface area contributed by atoms with Crippen LogP contribution in [-0.2, 0) is 9.53 Å². The van der Waals surface area contributed by atoms with Gasteiger partial charge in [0.2, 0.25) is 0 Å². The van der Waals surface area contributed by atoms with Crippen molar-refractivity contribution in [3.63, 3.8) is 0 Å². The predicted octanol–water partition coefficient (Wildman–Crippen LogP) is 5.46. The smallest absolute Gasteiger partial charge is 0.328 e. The number of fused-ring (bicyclic) bond motifs is 2. The highest BCUT2D eigenvalue weighted by Gasteiger charge is 2.47. The minimum absolute atomic E-state index is 0.0766. The summed E-state index contributed by atoms with van der Waals surface area (Å²) < 4.78 is 6.21. The van der Waals surface area contributed by atoms with Gasteiger partial charge < -0.3 is 14.9 Å². The molecule has 2 saturated heterocycles. The molecule has 0 aromatic heterocycles. The number of hydrogen-bond acceptors (Lipinski definition) is 4. The van der Waals surface area contributed by atoms with Gasteiger partial charge in [-0.3, -0.25) is 0 Å². The summed E-state index contributed by atoms with van der Waals surface area (Å²) in [6.07, 6.45) is 16.8. The molecule has 0 saturated carbocycles. The van der Waals surface area contributed by atoms with E-state index < -0.39 is 12.1 Å². The van der Waals surface area contributed by atoms with E-state index in [-0.39, 0.29) is 5.41 Å². The lowest BCUT2D eigenvalue weighted by Gasteiger charge is -2.30. The molecule has 4 nitrogen and oxygen atoms in total. The van der Waals surface area contributed by atoms with Gasteiger partial charge in [0, 0.05) is 17.7 Å². The summed E-state index contributed by atoms with van der Waals surface area (Å²) in [4.78, 5) is 10.4. The number of hydrogen-bond donors (Lipinski definition) is 2. The summed E-state index contributed by atoms with van der Waals surface area (Å²) >= 11 is 1.79. The van der Waals surface area contributed by atoms with Crippen LogP contribution in [0.15, 0.2) is 24.3 Å². The Bertz CT molecular complexity index is 557. The van der Waals surface area contributed by atoms with Gasteiger partial charge in [0.25, 0.3) is 0 Å². The summed E-state index contributed by atoms with van der Waals surface area (Å²) in [5, 5.41) is 19.3. The van der Waals surface area contributed by atoms with Crippen molar-refractivity contribution in [2.24, 2.45) is 17.3 Å². The molecule has 0 spiro atoms. The van der Waals surface area contributed by atoms with Gasteiger partial charge in [-0.1, -0.05) is 58.3 Å². The van der Waals surface area contributed by atoms with Crippen molar-refractivity contribution in [2.75, 3.05) is 11.5 Å². The second kappa shape index (κ2) is 12.2. The van der Waals surface area contributed by atoms with Crippen LogP contribution < -0.4 is 0 Å². The molecule has 5 heteroatoms. The summed E-state index contributed by atoms with van der Waals surface area (Å²) in [6.45, 7) is 6.52. The molecule has 0 aliphatic carbocycles. The number of aliphatic carboxylic acids is 1. The molecular weight excluding hydrogens is 384 g/mol. The molecule has 2 bridgehead atoms. The van der Waals surface area contributed by atoms with Crippen molar-refractivity contribution < 1.29 is 19.7 Å². The minimum Gasteiger partial charge on any atom is -0.478 e. The van der Waals surface area contributed by atoms with Crippen LogP contribution in [0.1, 0.15) is 72.1 Å². The molecule has 5 atom stereocenters. The standard InChI is InChI=1S/C24H40O4S/c1-4-5-15-24(2,3)22(25)14-11-19-18(20-12-13-21(19)28-20)9-6-7-16-29-17-8-10-23(26)27/h8,10-11,14,18-22,25H,4-7,9,12-13,15-17H2,1-3H3,(H,26,27)/t18-,19+,20-,21+,22?/m1/s1. The summed E-state index contributed by atoms with van der Waals surface area (Å²) in [5.74, 6) is 1.97. The molecule has 0 amide bonds. The second-order valence-electron chi connectivity index (χ2n) is 9.26. The van der Waals surface area contributed by atoms with E-state index in [1.54, 1.807) is 17.8 Å². The third-order valence-electron chi connectivity index (χ3n) is 6.53. The zero-order valence-electron chi connectivity index (χ0n) is 18.4. The third-order valence-corrected chi connectivity index (χ3v) is 7.53. The molecule has 2 N–H and O–H groups in total.